The lowest BCUT2D eigenvalue weighted by atomic mass is 9.86. The number of thioether (sulfide) groups is 1. The Labute approximate surface area is 198 Å². The van der Waals surface area contributed by atoms with Crippen LogP contribution in [0.5, 0.6) is 5.75 Å². The third kappa shape index (κ3) is 4.80. The van der Waals surface area contributed by atoms with E-state index in [2.05, 4.69) is 32.2 Å². The van der Waals surface area contributed by atoms with Crippen molar-refractivity contribution in [3.8, 4) is 5.75 Å². The molecule has 7 heteroatoms. The molecule has 2 N–H and O–H groups in total. The lowest BCUT2D eigenvalue weighted by molar-refractivity contribution is -0.117. The third-order valence-corrected chi connectivity index (χ3v) is 7.71. The van der Waals surface area contributed by atoms with Gasteiger partial charge in [-0.25, -0.2) is 4.98 Å². The molecule has 1 unspecified atom stereocenters. The Morgan fingerprint density at radius 1 is 1.24 bits per heavy atom. The quantitative estimate of drug-likeness (QED) is 0.523. The van der Waals surface area contributed by atoms with Gasteiger partial charge in [0.15, 0.2) is 0 Å². The minimum atomic E-state index is 0.0188. The zero-order valence-electron chi connectivity index (χ0n) is 18.9. The highest BCUT2D eigenvalue weighted by molar-refractivity contribution is 8.04. The molecule has 0 aliphatic carbocycles. The number of carbonyl (C=O) groups excluding carboxylic acids is 1. The molecule has 1 saturated heterocycles. The Morgan fingerprint density at radius 3 is 2.94 bits per heavy atom. The first kappa shape index (κ1) is 22.0. The van der Waals surface area contributed by atoms with Crippen LogP contribution in [-0.4, -0.2) is 41.5 Å². The van der Waals surface area contributed by atoms with Crippen molar-refractivity contribution in [3.05, 3.63) is 64.8 Å². The summed E-state index contributed by atoms with van der Waals surface area (Å²) in [4.78, 5) is 18.6. The normalized spacial score (nSPS) is 16.9. The minimum absolute atomic E-state index is 0.0188. The molecule has 2 aliphatic heterocycles. The van der Waals surface area contributed by atoms with E-state index < -0.39 is 0 Å². The van der Waals surface area contributed by atoms with Crippen LogP contribution in [0.3, 0.4) is 0 Å². The van der Waals surface area contributed by atoms with Gasteiger partial charge < -0.3 is 15.4 Å². The number of nitrogens with one attached hydrogen (secondary N) is 2. The smallest absolute Gasteiger partial charge is 0.258 e. The van der Waals surface area contributed by atoms with Gasteiger partial charge in [-0.2, -0.15) is 0 Å². The summed E-state index contributed by atoms with van der Waals surface area (Å²) in [6.45, 7) is 2.03. The number of pyridine rings is 1. The Balaban J connectivity index is 1.29. The number of nitrogens with zero attached hydrogens (tertiary/aromatic N) is 2. The number of aromatic nitrogens is 2. The number of hydrogen-bond acceptors (Lipinski definition) is 5. The van der Waals surface area contributed by atoms with E-state index in [1.54, 1.807) is 7.11 Å². The predicted octanol–water partition coefficient (Wildman–Crippen LogP) is 4.30. The summed E-state index contributed by atoms with van der Waals surface area (Å²) < 4.78 is 7.61. The topological polar surface area (TPSA) is 67.7 Å². The number of aryl methyl sites for hydroxylation is 1. The summed E-state index contributed by atoms with van der Waals surface area (Å²) in [5, 5.41) is 7.89. The van der Waals surface area contributed by atoms with Crippen LogP contribution in [0.15, 0.2) is 58.6 Å². The number of hydrogen-bond donors (Lipinski definition) is 2. The van der Waals surface area contributed by atoms with Crippen molar-refractivity contribution in [1.82, 2.24) is 20.0 Å². The van der Waals surface area contributed by atoms with E-state index in [4.69, 9.17) is 4.74 Å². The molecule has 0 spiro atoms. The molecule has 3 aromatic rings. The molecular formula is C26H30N4O2S. The molecule has 0 bridgehead atoms. The van der Waals surface area contributed by atoms with Crippen molar-refractivity contribution in [2.75, 3.05) is 20.2 Å². The van der Waals surface area contributed by atoms with Gasteiger partial charge in [0.05, 0.1) is 28.9 Å². The highest BCUT2D eigenvalue weighted by atomic mass is 32.2. The fourth-order valence-corrected chi connectivity index (χ4v) is 5.93. The monoisotopic (exact) mass is 462 g/mol. The van der Waals surface area contributed by atoms with Gasteiger partial charge in [-0.1, -0.05) is 36.0 Å². The van der Waals surface area contributed by atoms with Crippen LogP contribution in [0.2, 0.25) is 0 Å². The Morgan fingerprint density at radius 2 is 2.09 bits per heavy atom. The molecule has 1 fully saturated rings. The third-order valence-electron chi connectivity index (χ3n) is 6.66. The second-order valence-electron chi connectivity index (χ2n) is 8.72. The number of imidazole rings is 1. The Bertz CT molecular complexity index is 1170. The molecule has 2 aromatic heterocycles. The van der Waals surface area contributed by atoms with Crippen LogP contribution in [0.25, 0.3) is 11.7 Å². The average molecular weight is 463 g/mol. The maximum atomic E-state index is 13.4. The molecular weight excluding hydrogens is 432 g/mol. The molecule has 1 aromatic carbocycles. The summed E-state index contributed by atoms with van der Waals surface area (Å²) in [6, 6.07) is 14.4. The van der Waals surface area contributed by atoms with Gasteiger partial charge in [0.25, 0.3) is 5.91 Å². The number of methoxy groups -OCH3 is 1. The van der Waals surface area contributed by atoms with E-state index in [1.807, 2.05) is 42.6 Å². The second-order valence-corrected chi connectivity index (χ2v) is 9.79. The number of piperidine rings is 1. The van der Waals surface area contributed by atoms with E-state index in [0.717, 1.165) is 72.2 Å². The molecule has 172 valence electrons. The molecule has 0 radical (unpaired) electrons. The fourth-order valence-electron chi connectivity index (χ4n) is 4.93. The van der Waals surface area contributed by atoms with Crippen LogP contribution in [0.1, 0.15) is 36.9 Å². The largest absolute Gasteiger partial charge is 0.496 e. The molecule has 1 amide bonds. The van der Waals surface area contributed by atoms with Crippen LogP contribution < -0.4 is 15.4 Å². The lowest BCUT2D eigenvalue weighted by Crippen LogP contribution is -2.44. The van der Waals surface area contributed by atoms with Crippen molar-refractivity contribution in [3.63, 3.8) is 0 Å². The number of ether oxygens (including phenoxy) is 1. The first-order chi connectivity index (χ1) is 16.2. The number of para-hydroxylation sites is 1. The molecule has 33 heavy (non-hydrogen) atoms. The van der Waals surface area contributed by atoms with Crippen molar-refractivity contribution in [2.45, 2.75) is 43.2 Å². The highest BCUT2D eigenvalue weighted by Gasteiger charge is 2.27. The van der Waals surface area contributed by atoms with E-state index in [0.29, 0.717) is 5.92 Å². The summed E-state index contributed by atoms with van der Waals surface area (Å²) in [7, 11) is 1.72. The van der Waals surface area contributed by atoms with Crippen molar-refractivity contribution in [1.29, 1.82) is 0 Å². The highest BCUT2D eigenvalue weighted by Crippen LogP contribution is 2.35. The molecule has 4 heterocycles. The van der Waals surface area contributed by atoms with Crippen LogP contribution in [0.4, 0.5) is 0 Å². The average Bonchev–Trinajstić information content (AvgIpc) is 3.28. The molecule has 2 aliphatic rings. The van der Waals surface area contributed by atoms with Crippen molar-refractivity contribution >= 4 is 29.4 Å². The van der Waals surface area contributed by atoms with Crippen LogP contribution in [-0.2, 0) is 11.2 Å². The van der Waals surface area contributed by atoms with Crippen LogP contribution in [0, 0.1) is 5.92 Å². The zero-order chi connectivity index (χ0) is 22.6. The number of carbonyl (C=O) groups is 1. The zero-order valence-corrected chi connectivity index (χ0v) is 19.7. The van der Waals surface area contributed by atoms with E-state index in [-0.39, 0.29) is 11.9 Å². The van der Waals surface area contributed by atoms with E-state index in [9.17, 15) is 4.79 Å². The van der Waals surface area contributed by atoms with Gasteiger partial charge in [-0.3, -0.25) is 9.20 Å². The number of amides is 1. The molecule has 5 rings (SSSR count). The number of benzene rings is 1. The predicted molar refractivity (Wildman–Crippen MR) is 132 cm³/mol. The van der Waals surface area contributed by atoms with E-state index >= 15 is 0 Å². The Hall–Kier alpha value is -2.77. The van der Waals surface area contributed by atoms with Gasteiger partial charge in [-0.15, -0.1) is 0 Å². The number of rotatable bonds is 8. The van der Waals surface area contributed by atoms with Crippen molar-refractivity contribution < 1.29 is 9.53 Å². The molecule has 6 nitrogen and oxygen atoms in total. The van der Waals surface area contributed by atoms with Gasteiger partial charge >= 0.3 is 0 Å². The standard InChI is InChI=1S/C26H30N4O2S/c1-32-22-9-3-2-6-19(22)7-4-8-21(18-12-14-27-15-13-18)29-26(31)23-16-20-17-28-24-10-5-11-25(33-23)30(20)24/h2-3,5-6,9-11,16-18,21,27H,4,7-8,12-15H2,1H3,(H,29,31). The summed E-state index contributed by atoms with van der Waals surface area (Å²) in [5.74, 6) is 1.45. The first-order valence-electron chi connectivity index (χ1n) is 11.7. The van der Waals surface area contributed by atoms with Gasteiger partial charge in [0, 0.05) is 6.04 Å². The van der Waals surface area contributed by atoms with Gasteiger partial charge in [0.2, 0.25) is 0 Å². The summed E-state index contributed by atoms with van der Waals surface area (Å²) >= 11 is 1.52. The lowest BCUT2D eigenvalue weighted by Gasteiger charge is -2.32. The Kier molecular flexibility index (Phi) is 6.69. The fraction of sp³-hybridized carbons (Fsp3) is 0.385. The molecule has 0 saturated carbocycles. The van der Waals surface area contributed by atoms with E-state index in [1.165, 1.54) is 17.3 Å². The maximum absolute atomic E-state index is 13.4. The molecule has 1 atom stereocenters. The van der Waals surface area contributed by atoms with Gasteiger partial charge in [0.1, 0.15) is 11.4 Å². The summed E-state index contributed by atoms with van der Waals surface area (Å²) in [6.07, 6.45) is 8.90. The van der Waals surface area contributed by atoms with Gasteiger partial charge in [-0.05, 0) is 81.0 Å². The van der Waals surface area contributed by atoms with Crippen molar-refractivity contribution in [2.24, 2.45) is 5.92 Å². The van der Waals surface area contributed by atoms with Crippen LogP contribution >= 0.6 is 11.8 Å². The summed E-state index contributed by atoms with van der Waals surface area (Å²) in [5.41, 5.74) is 3.09. The second kappa shape index (κ2) is 10.0. The SMILES string of the molecule is COc1ccccc1CCCC(NC(=O)C1=Cc2cnc3cccc(n23)S1)C1CCNCC1. The minimum Gasteiger partial charge on any atom is -0.496 e. The maximum Gasteiger partial charge on any atom is 0.258 e. The first-order valence-corrected chi connectivity index (χ1v) is 12.5.